The van der Waals surface area contributed by atoms with Crippen LogP contribution in [-0.4, -0.2) is 17.5 Å². The second kappa shape index (κ2) is 19.9. The number of rotatable bonds is 8. The zero-order valence-corrected chi connectivity index (χ0v) is 41.0. The second-order valence-corrected chi connectivity index (χ2v) is 21.6. The summed E-state index contributed by atoms with van der Waals surface area (Å²) in [7, 11) is 0. The van der Waals surface area contributed by atoms with E-state index in [0.717, 1.165) is 28.1 Å². The summed E-state index contributed by atoms with van der Waals surface area (Å²) in [6.07, 6.45) is 3.65. The third-order valence-electron chi connectivity index (χ3n) is 11.0. The number of phenols is 1. The predicted octanol–water partition coefficient (Wildman–Crippen LogP) is 12.3. The maximum Gasteiger partial charge on any atom is 1.00 e. The molecular formula is C54H77LiN2O2. The normalized spacial score (nSPS) is 12.9. The Balaban J connectivity index is 0.000000400. The maximum absolute atomic E-state index is 13.3. The van der Waals surface area contributed by atoms with Gasteiger partial charge in [0.25, 0.3) is 0 Å². The van der Waals surface area contributed by atoms with Crippen molar-refractivity contribution in [2.75, 3.05) is 0 Å². The van der Waals surface area contributed by atoms with E-state index in [9.17, 15) is 10.2 Å². The Hall–Kier alpha value is -3.58. The molecule has 4 nitrogen and oxygen atoms in total. The van der Waals surface area contributed by atoms with Crippen LogP contribution in [0.25, 0.3) is 0 Å². The molecule has 4 aromatic carbocycles. The molecule has 0 fully saturated rings. The van der Waals surface area contributed by atoms with Gasteiger partial charge in [0.05, 0.1) is 11.4 Å². The van der Waals surface area contributed by atoms with Crippen molar-refractivity contribution in [1.82, 2.24) is 0 Å². The van der Waals surface area contributed by atoms with Crippen molar-refractivity contribution in [3.63, 3.8) is 0 Å². The number of para-hydroxylation sites is 2. The standard InChI is InChI=1S/2C27H39NO.Li/c2*1-17(2)21-12-11-13-22(18(3)4)24(21)28-16-19-14-20(26(5,6)7)15-23(25(19)29)27(8,9)10;/h2*11-18,29H,1-10H3;/q;;+1/p-1. The SMILES string of the molecule is CC(C)c1cccc(C(C)C)c1N=Cc1cc(C(C)(C)C)cc(C(C)(C)C)c1O.CC(C)c1cccc(C(C)C)c1N=Cc1cc(C(C)(C)C)cc(C(C)(C)C)c1[O-].[Li+]. The molecule has 0 aliphatic carbocycles. The first-order valence-corrected chi connectivity index (χ1v) is 21.5. The maximum atomic E-state index is 13.3. The monoisotopic (exact) mass is 793 g/mol. The Bertz CT molecular complexity index is 1890. The van der Waals surface area contributed by atoms with Crippen molar-refractivity contribution >= 4 is 23.8 Å². The van der Waals surface area contributed by atoms with Gasteiger partial charge in [-0.15, -0.1) is 0 Å². The first-order valence-electron chi connectivity index (χ1n) is 21.5. The fraction of sp³-hybridized carbons (Fsp3) is 0.519. The predicted molar refractivity (Wildman–Crippen MR) is 253 cm³/mol. The van der Waals surface area contributed by atoms with E-state index in [1.54, 1.807) is 6.21 Å². The van der Waals surface area contributed by atoms with Crippen LogP contribution in [0.4, 0.5) is 11.4 Å². The van der Waals surface area contributed by atoms with E-state index in [0.29, 0.717) is 35.0 Å². The summed E-state index contributed by atoms with van der Waals surface area (Å²) in [5.74, 6) is 1.95. The molecule has 0 aromatic heterocycles. The van der Waals surface area contributed by atoms with Crippen molar-refractivity contribution < 1.29 is 29.1 Å². The number of hydrogen-bond donors (Lipinski definition) is 1. The van der Waals surface area contributed by atoms with E-state index in [1.165, 1.54) is 33.4 Å². The van der Waals surface area contributed by atoms with Crippen LogP contribution in [0, 0.1) is 0 Å². The van der Waals surface area contributed by atoms with Gasteiger partial charge < -0.3 is 10.2 Å². The van der Waals surface area contributed by atoms with Crippen LogP contribution in [0.3, 0.4) is 0 Å². The average Bonchev–Trinajstić information content (AvgIpc) is 3.08. The Kier molecular flexibility index (Phi) is 17.4. The van der Waals surface area contributed by atoms with Crippen LogP contribution >= 0.6 is 0 Å². The van der Waals surface area contributed by atoms with Gasteiger partial charge in [0, 0.05) is 23.6 Å². The van der Waals surface area contributed by atoms with Crippen molar-refractivity contribution in [3.05, 3.63) is 116 Å². The van der Waals surface area contributed by atoms with Gasteiger partial charge in [0.1, 0.15) is 5.75 Å². The van der Waals surface area contributed by atoms with Gasteiger partial charge in [0.15, 0.2) is 0 Å². The van der Waals surface area contributed by atoms with Crippen LogP contribution in [0.2, 0.25) is 0 Å². The molecule has 0 radical (unpaired) electrons. The molecule has 0 spiro atoms. The third-order valence-corrected chi connectivity index (χ3v) is 11.0. The third kappa shape index (κ3) is 13.2. The Morgan fingerprint density at radius 1 is 0.475 bits per heavy atom. The largest absolute Gasteiger partial charge is 1.00 e. The number of hydrogen-bond acceptors (Lipinski definition) is 4. The zero-order valence-electron chi connectivity index (χ0n) is 41.0. The fourth-order valence-corrected chi connectivity index (χ4v) is 7.09. The quantitative estimate of drug-likeness (QED) is 0.143. The minimum absolute atomic E-state index is 0. The van der Waals surface area contributed by atoms with Gasteiger partial charge in [0.2, 0.25) is 0 Å². The van der Waals surface area contributed by atoms with Crippen molar-refractivity contribution in [3.8, 4) is 11.5 Å². The van der Waals surface area contributed by atoms with E-state index >= 15 is 0 Å². The molecular weight excluding hydrogens is 716 g/mol. The molecule has 0 saturated heterocycles. The first-order chi connectivity index (χ1) is 26.5. The molecule has 0 atom stereocenters. The minimum atomic E-state index is -0.208. The number of aromatic hydroxyl groups is 1. The van der Waals surface area contributed by atoms with Gasteiger partial charge >= 0.3 is 18.9 Å². The molecule has 4 aromatic rings. The molecule has 1 N–H and O–H groups in total. The fourth-order valence-electron chi connectivity index (χ4n) is 7.09. The second-order valence-electron chi connectivity index (χ2n) is 21.6. The number of benzene rings is 4. The van der Waals surface area contributed by atoms with Gasteiger partial charge in [-0.3, -0.25) is 9.98 Å². The summed E-state index contributed by atoms with van der Waals surface area (Å²) >= 11 is 0. The molecule has 0 heterocycles. The smallest absolute Gasteiger partial charge is 0.872 e. The van der Waals surface area contributed by atoms with Crippen molar-refractivity contribution in [2.45, 2.75) is 184 Å². The summed E-state index contributed by atoms with van der Waals surface area (Å²) in [5.41, 5.74) is 12.3. The van der Waals surface area contributed by atoms with Crippen LogP contribution in [0.15, 0.2) is 70.6 Å². The molecule has 0 aliphatic heterocycles. The van der Waals surface area contributed by atoms with E-state index in [4.69, 9.17) is 9.98 Å². The van der Waals surface area contributed by atoms with Crippen molar-refractivity contribution in [1.29, 1.82) is 0 Å². The summed E-state index contributed by atoms with van der Waals surface area (Å²) in [5, 5.41) is 24.3. The van der Waals surface area contributed by atoms with E-state index in [2.05, 4.69) is 193 Å². The van der Waals surface area contributed by atoms with Crippen LogP contribution in [-0.2, 0) is 21.7 Å². The topological polar surface area (TPSA) is 68.0 Å². The number of nitrogens with zero attached hydrogens (tertiary/aromatic N) is 2. The summed E-state index contributed by atoms with van der Waals surface area (Å²) < 4.78 is 0. The summed E-state index contributed by atoms with van der Waals surface area (Å²) in [4.78, 5) is 9.84. The first kappa shape index (κ1) is 51.6. The van der Waals surface area contributed by atoms with E-state index < -0.39 is 0 Å². The molecule has 0 amide bonds. The van der Waals surface area contributed by atoms with E-state index in [1.807, 2.05) is 12.3 Å². The zero-order chi connectivity index (χ0) is 44.3. The van der Waals surface area contributed by atoms with Gasteiger partial charge in [-0.1, -0.05) is 199 Å². The van der Waals surface area contributed by atoms with Gasteiger partial charge in [-0.25, -0.2) is 0 Å². The molecule has 5 heteroatoms. The minimum Gasteiger partial charge on any atom is -0.872 e. The summed E-state index contributed by atoms with van der Waals surface area (Å²) in [6, 6.07) is 21.2. The molecule has 4 rings (SSSR count). The Labute approximate surface area is 372 Å². The Morgan fingerprint density at radius 3 is 1.08 bits per heavy atom. The van der Waals surface area contributed by atoms with Gasteiger partial charge in [-0.05, 0) is 95.9 Å². The summed E-state index contributed by atoms with van der Waals surface area (Å²) in [6.45, 7) is 43.5. The molecule has 0 unspecified atom stereocenters. The van der Waals surface area contributed by atoms with Crippen molar-refractivity contribution in [2.24, 2.45) is 9.98 Å². The number of aliphatic imine (C=N–C) groups is 2. The average molecular weight is 793 g/mol. The van der Waals surface area contributed by atoms with Crippen LogP contribution in [0.5, 0.6) is 11.5 Å². The number of phenolic OH excluding ortho intramolecular Hbond substituents is 1. The van der Waals surface area contributed by atoms with E-state index in [-0.39, 0.29) is 46.3 Å². The molecule has 59 heavy (non-hydrogen) atoms. The van der Waals surface area contributed by atoms with Crippen LogP contribution < -0.4 is 24.0 Å². The van der Waals surface area contributed by atoms with Crippen LogP contribution in [0.1, 0.15) is 218 Å². The molecule has 316 valence electrons. The van der Waals surface area contributed by atoms with Gasteiger partial charge in [-0.2, -0.15) is 0 Å². The molecule has 0 bridgehead atoms. The molecule has 0 aliphatic rings. The Morgan fingerprint density at radius 2 is 0.780 bits per heavy atom. The molecule has 0 saturated carbocycles.